The van der Waals surface area contributed by atoms with E-state index in [4.69, 9.17) is 15.2 Å². The summed E-state index contributed by atoms with van der Waals surface area (Å²) in [4.78, 5) is 0. The van der Waals surface area contributed by atoms with Gasteiger partial charge in [0, 0.05) is 19.1 Å². The van der Waals surface area contributed by atoms with Crippen LogP contribution in [0.4, 0.5) is 0 Å². The van der Waals surface area contributed by atoms with Gasteiger partial charge in [0.25, 0.3) is 0 Å². The normalized spacial score (nSPS) is 29.0. The zero-order valence-corrected chi connectivity index (χ0v) is 10.6. The fourth-order valence-electron chi connectivity index (χ4n) is 2.55. The molecule has 1 aromatic carbocycles. The lowest BCUT2D eigenvalue weighted by molar-refractivity contribution is -0.0708. The molecule has 1 fully saturated rings. The Balaban J connectivity index is 2.13. The zero-order chi connectivity index (χ0) is 12.3. The van der Waals surface area contributed by atoms with Gasteiger partial charge in [0.15, 0.2) is 0 Å². The Morgan fingerprint density at radius 2 is 2.24 bits per heavy atom. The third-order valence-corrected chi connectivity index (χ3v) is 3.39. The van der Waals surface area contributed by atoms with Gasteiger partial charge in [-0.25, -0.2) is 0 Å². The number of methoxy groups -OCH3 is 1. The van der Waals surface area contributed by atoms with Crippen molar-refractivity contribution < 1.29 is 9.47 Å². The molecule has 94 valence electrons. The molecule has 0 amide bonds. The summed E-state index contributed by atoms with van der Waals surface area (Å²) in [6, 6.07) is 8.35. The number of rotatable bonds is 3. The molecule has 1 heterocycles. The number of ether oxygens (including phenoxy) is 2. The summed E-state index contributed by atoms with van der Waals surface area (Å²) in [6.45, 7) is 2.89. The van der Waals surface area contributed by atoms with Gasteiger partial charge < -0.3 is 15.2 Å². The van der Waals surface area contributed by atoms with Gasteiger partial charge in [-0.2, -0.15) is 0 Å². The molecule has 3 heteroatoms. The molecule has 0 spiro atoms. The average Bonchev–Trinajstić information content (AvgIpc) is 2.29. The van der Waals surface area contributed by atoms with Gasteiger partial charge in [0.2, 0.25) is 0 Å². The van der Waals surface area contributed by atoms with Crippen LogP contribution in [-0.4, -0.2) is 25.4 Å². The monoisotopic (exact) mass is 235 g/mol. The minimum Gasteiger partial charge on any atom is -0.496 e. The molecule has 0 bridgehead atoms. The Kier molecular flexibility index (Phi) is 3.69. The molecule has 0 aromatic heterocycles. The average molecular weight is 235 g/mol. The predicted molar refractivity (Wildman–Crippen MR) is 68.3 cm³/mol. The van der Waals surface area contributed by atoms with Crippen molar-refractivity contribution in [3.8, 4) is 5.75 Å². The van der Waals surface area contributed by atoms with E-state index < -0.39 is 0 Å². The minimum atomic E-state index is -0.160. The van der Waals surface area contributed by atoms with Gasteiger partial charge in [-0.15, -0.1) is 0 Å². The smallest absolute Gasteiger partial charge is 0.122 e. The van der Waals surface area contributed by atoms with E-state index in [0.29, 0.717) is 0 Å². The molecule has 1 aromatic rings. The Bertz CT molecular complexity index is 380. The van der Waals surface area contributed by atoms with Gasteiger partial charge in [-0.05, 0) is 31.4 Å². The highest BCUT2D eigenvalue weighted by Gasteiger charge is 2.32. The van der Waals surface area contributed by atoms with Gasteiger partial charge in [0.1, 0.15) is 5.75 Å². The van der Waals surface area contributed by atoms with Crippen molar-refractivity contribution in [3.63, 3.8) is 0 Å². The van der Waals surface area contributed by atoms with E-state index in [2.05, 4.69) is 13.0 Å². The van der Waals surface area contributed by atoms with E-state index >= 15 is 0 Å². The molecule has 3 nitrogen and oxygen atoms in total. The number of hydrogen-bond acceptors (Lipinski definition) is 3. The van der Waals surface area contributed by atoms with E-state index in [1.165, 1.54) is 5.56 Å². The van der Waals surface area contributed by atoms with E-state index in [1.54, 1.807) is 7.11 Å². The highest BCUT2D eigenvalue weighted by Crippen LogP contribution is 2.31. The summed E-state index contributed by atoms with van der Waals surface area (Å²) in [6.07, 6.45) is 2.72. The van der Waals surface area contributed by atoms with Crippen LogP contribution >= 0.6 is 0 Å². The largest absolute Gasteiger partial charge is 0.496 e. The molecular formula is C14H21NO2. The van der Waals surface area contributed by atoms with E-state index in [0.717, 1.165) is 31.6 Å². The topological polar surface area (TPSA) is 44.5 Å². The second-order valence-corrected chi connectivity index (χ2v) is 5.04. The van der Waals surface area contributed by atoms with Crippen molar-refractivity contribution in [2.75, 3.05) is 13.7 Å². The zero-order valence-electron chi connectivity index (χ0n) is 10.6. The lowest BCUT2D eigenvalue weighted by Gasteiger charge is -2.37. The molecule has 1 saturated heterocycles. The van der Waals surface area contributed by atoms with Crippen molar-refractivity contribution in [1.29, 1.82) is 0 Å². The standard InChI is InChI=1S/C14H21NO2/c1-14(10-12(15)7-8-17-14)9-11-5-3-4-6-13(11)16-2/h3-6,12H,7-10,15H2,1-2H3. The lowest BCUT2D eigenvalue weighted by Crippen LogP contribution is -2.44. The molecule has 0 radical (unpaired) electrons. The molecule has 2 N–H and O–H groups in total. The number of para-hydroxylation sites is 1. The molecule has 0 saturated carbocycles. The van der Waals surface area contributed by atoms with E-state index in [-0.39, 0.29) is 11.6 Å². The Morgan fingerprint density at radius 1 is 1.47 bits per heavy atom. The quantitative estimate of drug-likeness (QED) is 0.873. The van der Waals surface area contributed by atoms with Crippen molar-refractivity contribution in [3.05, 3.63) is 29.8 Å². The summed E-state index contributed by atoms with van der Waals surface area (Å²) in [7, 11) is 1.70. The second-order valence-electron chi connectivity index (χ2n) is 5.04. The molecule has 1 aliphatic heterocycles. The summed E-state index contributed by atoms with van der Waals surface area (Å²) in [5.74, 6) is 0.927. The maximum absolute atomic E-state index is 6.02. The maximum atomic E-state index is 6.02. The lowest BCUT2D eigenvalue weighted by atomic mass is 9.86. The third-order valence-electron chi connectivity index (χ3n) is 3.39. The van der Waals surface area contributed by atoms with Crippen LogP contribution in [0.15, 0.2) is 24.3 Å². The van der Waals surface area contributed by atoms with Crippen LogP contribution < -0.4 is 10.5 Å². The molecule has 17 heavy (non-hydrogen) atoms. The highest BCUT2D eigenvalue weighted by molar-refractivity contribution is 5.34. The van der Waals surface area contributed by atoms with Gasteiger partial charge in [-0.1, -0.05) is 18.2 Å². The van der Waals surface area contributed by atoms with Crippen molar-refractivity contribution in [1.82, 2.24) is 0 Å². The molecule has 0 aliphatic carbocycles. The SMILES string of the molecule is COc1ccccc1CC1(C)CC(N)CCO1. The van der Waals surface area contributed by atoms with E-state index in [1.807, 2.05) is 18.2 Å². The summed E-state index contributed by atoms with van der Waals surface area (Å²) < 4.78 is 11.3. The molecular weight excluding hydrogens is 214 g/mol. The Morgan fingerprint density at radius 3 is 2.94 bits per heavy atom. The summed E-state index contributed by atoms with van der Waals surface area (Å²) >= 11 is 0. The fourth-order valence-corrected chi connectivity index (χ4v) is 2.55. The first-order valence-corrected chi connectivity index (χ1v) is 6.14. The second kappa shape index (κ2) is 5.07. The summed E-state index contributed by atoms with van der Waals surface area (Å²) in [5, 5.41) is 0. The maximum Gasteiger partial charge on any atom is 0.122 e. The Hall–Kier alpha value is -1.06. The highest BCUT2D eigenvalue weighted by atomic mass is 16.5. The molecule has 2 atom stereocenters. The molecule has 2 rings (SSSR count). The summed E-state index contributed by atoms with van der Waals surface area (Å²) in [5.41, 5.74) is 7.05. The fraction of sp³-hybridized carbons (Fsp3) is 0.571. The van der Waals surface area contributed by atoms with Crippen LogP contribution in [0.5, 0.6) is 5.75 Å². The van der Waals surface area contributed by atoms with Gasteiger partial charge in [0.05, 0.1) is 12.7 Å². The third kappa shape index (κ3) is 2.99. The Labute approximate surface area is 103 Å². The number of hydrogen-bond donors (Lipinski definition) is 1. The van der Waals surface area contributed by atoms with Crippen LogP contribution in [0.3, 0.4) is 0 Å². The van der Waals surface area contributed by atoms with Crippen molar-refractivity contribution in [2.24, 2.45) is 5.73 Å². The van der Waals surface area contributed by atoms with Crippen LogP contribution in [0, 0.1) is 0 Å². The van der Waals surface area contributed by atoms with Gasteiger partial charge >= 0.3 is 0 Å². The number of benzene rings is 1. The van der Waals surface area contributed by atoms with Crippen LogP contribution in [0.2, 0.25) is 0 Å². The van der Waals surface area contributed by atoms with E-state index in [9.17, 15) is 0 Å². The van der Waals surface area contributed by atoms with Gasteiger partial charge in [-0.3, -0.25) is 0 Å². The minimum absolute atomic E-state index is 0.160. The first-order valence-electron chi connectivity index (χ1n) is 6.14. The van der Waals surface area contributed by atoms with Crippen LogP contribution in [-0.2, 0) is 11.2 Å². The van der Waals surface area contributed by atoms with Crippen molar-refractivity contribution >= 4 is 0 Å². The molecule has 1 aliphatic rings. The predicted octanol–water partition coefficient (Wildman–Crippen LogP) is 2.13. The number of nitrogens with two attached hydrogens (primary N) is 1. The van der Waals surface area contributed by atoms with Crippen LogP contribution in [0.25, 0.3) is 0 Å². The van der Waals surface area contributed by atoms with Crippen molar-refractivity contribution in [2.45, 2.75) is 37.8 Å². The first kappa shape index (κ1) is 12.4. The molecule has 2 unspecified atom stereocenters. The first-order chi connectivity index (χ1) is 8.13. The van der Waals surface area contributed by atoms with Crippen LogP contribution in [0.1, 0.15) is 25.3 Å².